The van der Waals surface area contributed by atoms with Crippen molar-refractivity contribution in [3.05, 3.63) is 68.7 Å². The summed E-state index contributed by atoms with van der Waals surface area (Å²) < 4.78 is 0. The molecule has 0 aliphatic rings. The lowest BCUT2D eigenvalue weighted by Gasteiger charge is -2.14. The van der Waals surface area contributed by atoms with Gasteiger partial charge in [-0.15, -0.1) is 0 Å². The van der Waals surface area contributed by atoms with Gasteiger partial charge in [0.1, 0.15) is 0 Å². The molecule has 0 bridgehead atoms. The number of hydrogen-bond donors (Lipinski definition) is 1. The molecule has 0 saturated carbocycles. The fourth-order valence-corrected chi connectivity index (χ4v) is 2.27. The summed E-state index contributed by atoms with van der Waals surface area (Å²) in [4.78, 5) is 22.5. The molecule has 2 aromatic rings. The van der Waals surface area contributed by atoms with E-state index in [1.807, 2.05) is 6.92 Å². The number of rotatable bonds is 4. The van der Waals surface area contributed by atoms with Crippen LogP contribution < -0.4 is 5.32 Å². The predicted octanol–water partition coefficient (Wildman–Crippen LogP) is 4.30. The first kappa shape index (κ1) is 16.0. The van der Waals surface area contributed by atoms with Crippen LogP contribution in [0.25, 0.3) is 0 Å². The lowest BCUT2D eigenvalue weighted by atomic mass is 10.00. The van der Waals surface area contributed by atoms with Gasteiger partial charge in [0.15, 0.2) is 0 Å². The van der Waals surface area contributed by atoms with E-state index in [1.165, 1.54) is 12.1 Å². The molecule has 0 aliphatic carbocycles. The minimum absolute atomic E-state index is 0.00454. The molecule has 0 radical (unpaired) electrons. The highest BCUT2D eigenvalue weighted by Gasteiger charge is 2.17. The molecule has 5 nitrogen and oxygen atoms in total. The van der Waals surface area contributed by atoms with Gasteiger partial charge in [-0.05, 0) is 43.2 Å². The standard InChI is InChI=1S/C16H15ClN2O3/c1-10-9-13(17)5-8-15(10)18-16(20)11(2)12-3-6-14(7-4-12)19(21)22/h3-9,11H,1-2H3,(H,18,20)/t11-/m1/s1. The van der Waals surface area contributed by atoms with Crippen LogP contribution in [0.2, 0.25) is 5.02 Å². The van der Waals surface area contributed by atoms with Crippen LogP contribution in [0.15, 0.2) is 42.5 Å². The number of nitro groups is 1. The van der Waals surface area contributed by atoms with Crippen LogP contribution in [0.5, 0.6) is 0 Å². The molecule has 0 unspecified atom stereocenters. The molecular weight excluding hydrogens is 304 g/mol. The molecule has 0 aromatic heterocycles. The summed E-state index contributed by atoms with van der Waals surface area (Å²) in [6, 6.07) is 11.2. The quantitative estimate of drug-likeness (QED) is 0.674. The third-order valence-electron chi connectivity index (χ3n) is 3.44. The molecule has 0 spiro atoms. The highest BCUT2D eigenvalue weighted by molar-refractivity contribution is 6.30. The number of aryl methyl sites for hydroxylation is 1. The molecule has 0 aliphatic heterocycles. The van der Waals surface area contributed by atoms with E-state index in [0.717, 1.165) is 11.1 Å². The Hall–Kier alpha value is -2.40. The molecule has 0 saturated heterocycles. The maximum Gasteiger partial charge on any atom is 0.269 e. The predicted molar refractivity (Wildman–Crippen MR) is 86.3 cm³/mol. The summed E-state index contributed by atoms with van der Waals surface area (Å²) in [6.07, 6.45) is 0. The summed E-state index contributed by atoms with van der Waals surface area (Å²) in [6.45, 7) is 3.61. The van der Waals surface area contributed by atoms with Crippen LogP contribution in [0.3, 0.4) is 0 Å². The number of hydrogen-bond acceptors (Lipinski definition) is 3. The Morgan fingerprint density at radius 2 is 1.86 bits per heavy atom. The van der Waals surface area contributed by atoms with Gasteiger partial charge in [0, 0.05) is 22.8 Å². The molecule has 1 atom stereocenters. The van der Waals surface area contributed by atoms with Crippen molar-refractivity contribution in [3.63, 3.8) is 0 Å². The fourth-order valence-electron chi connectivity index (χ4n) is 2.04. The molecule has 22 heavy (non-hydrogen) atoms. The maximum absolute atomic E-state index is 12.3. The minimum Gasteiger partial charge on any atom is -0.325 e. The van der Waals surface area contributed by atoms with Crippen LogP contribution in [-0.4, -0.2) is 10.8 Å². The van der Waals surface area contributed by atoms with Crippen molar-refractivity contribution in [1.82, 2.24) is 0 Å². The Morgan fingerprint density at radius 1 is 1.23 bits per heavy atom. The normalized spacial score (nSPS) is 11.8. The monoisotopic (exact) mass is 318 g/mol. The van der Waals surface area contributed by atoms with Crippen LogP contribution in [0.4, 0.5) is 11.4 Å². The van der Waals surface area contributed by atoms with Gasteiger partial charge < -0.3 is 5.32 Å². The lowest BCUT2D eigenvalue weighted by molar-refractivity contribution is -0.384. The molecule has 2 aromatic carbocycles. The highest BCUT2D eigenvalue weighted by Crippen LogP contribution is 2.23. The number of benzene rings is 2. The van der Waals surface area contributed by atoms with E-state index in [2.05, 4.69) is 5.32 Å². The first-order valence-electron chi connectivity index (χ1n) is 6.70. The van der Waals surface area contributed by atoms with Crippen molar-refractivity contribution in [2.24, 2.45) is 0 Å². The van der Waals surface area contributed by atoms with Crippen molar-refractivity contribution in [2.45, 2.75) is 19.8 Å². The van der Waals surface area contributed by atoms with Crippen molar-refractivity contribution in [1.29, 1.82) is 0 Å². The number of nitrogens with one attached hydrogen (secondary N) is 1. The van der Waals surface area contributed by atoms with E-state index in [9.17, 15) is 14.9 Å². The Labute approximate surface area is 133 Å². The first-order chi connectivity index (χ1) is 10.4. The number of anilines is 1. The second-order valence-corrected chi connectivity index (χ2v) is 5.46. The molecule has 1 amide bonds. The number of amides is 1. The van der Waals surface area contributed by atoms with Gasteiger partial charge in [-0.1, -0.05) is 23.7 Å². The summed E-state index contributed by atoms with van der Waals surface area (Å²) in [5.74, 6) is -0.602. The van der Waals surface area contributed by atoms with E-state index in [-0.39, 0.29) is 11.6 Å². The summed E-state index contributed by atoms with van der Waals surface area (Å²) in [7, 11) is 0. The third-order valence-corrected chi connectivity index (χ3v) is 3.68. The fraction of sp³-hybridized carbons (Fsp3) is 0.188. The molecular formula is C16H15ClN2O3. The number of carbonyl (C=O) groups is 1. The number of non-ortho nitro benzene ring substituents is 1. The van der Waals surface area contributed by atoms with Crippen LogP contribution in [-0.2, 0) is 4.79 Å². The number of halogens is 1. The summed E-state index contributed by atoms with van der Waals surface area (Å²) >= 11 is 5.88. The number of nitro benzene ring substituents is 1. The zero-order valence-corrected chi connectivity index (χ0v) is 12.9. The first-order valence-corrected chi connectivity index (χ1v) is 7.07. The molecule has 0 fully saturated rings. The van der Waals surface area contributed by atoms with Crippen LogP contribution >= 0.6 is 11.6 Å². The third kappa shape index (κ3) is 3.62. The van der Waals surface area contributed by atoms with E-state index in [4.69, 9.17) is 11.6 Å². The molecule has 6 heteroatoms. The van der Waals surface area contributed by atoms with Gasteiger partial charge in [0.2, 0.25) is 5.91 Å². The second-order valence-electron chi connectivity index (χ2n) is 5.02. The van der Waals surface area contributed by atoms with Crippen molar-refractivity contribution < 1.29 is 9.72 Å². The van der Waals surface area contributed by atoms with Crippen molar-refractivity contribution >= 4 is 28.9 Å². The smallest absolute Gasteiger partial charge is 0.269 e. The van der Waals surface area contributed by atoms with Gasteiger partial charge in [-0.3, -0.25) is 14.9 Å². The van der Waals surface area contributed by atoms with Gasteiger partial charge in [-0.25, -0.2) is 0 Å². The molecule has 2 rings (SSSR count). The van der Waals surface area contributed by atoms with Gasteiger partial charge in [-0.2, -0.15) is 0 Å². The summed E-state index contributed by atoms with van der Waals surface area (Å²) in [5.41, 5.74) is 2.29. The van der Waals surface area contributed by atoms with E-state index in [0.29, 0.717) is 10.7 Å². The van der Waals surface area contributed by atoms with Crippen LogP contribution in [0.1, 0.15) is 24.0 Å². The van der Waals surface area contributed by atoms with E-state index >= 15 is 0 Å². The maximum atomic E-state index is 12.3. The van der Waals surface area contributed by atoms with E-state index < -0.39 is 10.8 Å². The van der Waals surface area contributed by atoms with Gasteiger partial charge >= 0.3 is 0 Å². The summed E-state index contributed by atoms with van der Waals surface area (Å²) in [5, 5.41) is 14.1. The lowest BCUT2D eigenvalue weighted by Crippen LogP contribution is -2.19. The second kappa shape index (κ2) is 6.58. The van der Waals surface area contributed by atoms with Gasteiger partial charge in [0.05, 0.1) is 10.8 Å². The largest absolute Gasteiger partial charge is 0.325 e. The number of carbonyl (C=O) groups excluding carboxylic acids is 1. The molecule has 1 N–H and O–H groups in total. The topological polar surface area (TPSA) is 72.2 Å². The van der Waals surface area contributed by atoms with E-state index in [1.54, 1.807) is 37.3 Å². The number of nitrogens with zero attached hydrogens (tertiary/aromatic N) is 1. The highest BCUT2D eigenvalue weighted by atomic mass is 35.5. The van der Waals surface area contributed by atoms with Crippen LogP contribution in [0, 0.1) is 17.0 Å². The minimum atomic E-state index is -0.467. The zero-order valence-electron chi connectivity index (χ0n) is 12.2. The average molecular weight is 319 g/mol. The zero-order chi connectivity index (χ0) is 16.3. The Balaban J connectivity index is 2.13. The SMILES string of the molecule is Cc1cc(Cl)ccc1NC(=O)[C@H](C)c1ccc([N+](=O)[O-])cc1. The Kier molecular flexibility index (Phi) is 4.78. The van der Waals surface area contributed by atoms with Crippen molar-refractivity contribution in [3.8, 4) is 0 Å². The van der Waals surface area contributed by atoms with Gasteiger partial charge in [0.25, 0.3) is 5.69 Å². The Morgan fingerprint density at radius 3 is 2.41 bits per heavy atom. The molecule has 114 valence electrons. The average Bonchev–Trinajstić information content (AvgIpc) is 2.49. The van der Waals surface area contributed by atoms with Crippen molar-refractivity contribution in [2.75, 3.05) is 5.32 Å². The Bertz CT molecular complexity index is 714. The molecule has 0 heterocycles.